The molecule has 0 aliphatic heterocycles. The highest BCUT2D eigenvalue weighted by Gasteiger charge is 2.35. The van der Waals surface area contributed by atoms with Crippen molar-refractivity contribution in [2.45, 2.75) is 39.2 Å². The number of nitrogens with one attached hydrogen (secondary N) is 1. The van der Waals surface area contributed by atoms with E-state index in [1.807, 2.05) is 0 Å². The predicted octanol–water partition coefficient (Wildman–Crippen LogP) is 4.36. The molecule has 0 spiro atoms. The summed E-state index contributed by atoms with van der Waals surface area (Å²) < 4.78 is 1.23. The minimum atomic E-state index is 0.467. The molecule has 1 aliphatic carbocycles. The largest absolute Gasteiger partial charge is 0.319 e. The second-order valence-corrected chi connectivity index (χ2v) is 8.95. The first kappa shape index (κ1) is 16.5. The van der Waals surface area contributed by atoms with Crippen LogP contribution in [0.3, 0.4) is 0 Å². The molecule has 114 valence electrons. The van der Waals surface area contributed by atoms with Crippen LogP contribution in [0, 0.1) is 11.3 Å². The number of thiophene rings is 1. The Kier molecular flexibility index (Phi) is 6.09. The summed E-state index contributed by atoms with van der Waals surface area (Å²) in [7, 11) is 4.36. The number of halogens is 1. The van der Waals surface area contributed by atoms with Gasteiger partial charge in [-0.2, -0.15) is 0 Å². The van der Waals surface area contributed by atoms with Crippen molar-refractivity contribution in [3.63, 3.8) is 0 Å². The zero-order valence-corrected chi connectivity index (χ0v) is 15.3. The summed E-state index contributed by atoms with van der Waals surface area (Å²) in [5.41, 5.74) is 1.89. The lowest BCUT2D eigenvalue weighted by Crippen LogP contribution is -2.44. The van der Waals surface area contributed by atoms with Crippen molar-refractivity contribution in [2.24, 2.45) is 11.3 Å². The van der Waals surface area contributed by atoms with Crippen LogP contribution in [0.5, 0.6) is 0 Å². The molecule has 0 radical (unpaired) electrons. The van der Waals surface area contributed by atoms with E-state index in [9.17, 15) is 0 Å². The molecule has 1 aromatic rings. The average molecular weight is 359 g/mol. The lowest BCUT2D eigenvalue weighted by Gasteiger charge is -2.42. The first-order valence-corrected chi connectivity index (χ1v) is 9.26. The molecule has 1 aliphatic rings. The van der Waals surface area contributed by atoms with Gasteiger partial charge in [-0.25, -0.2) is 0 Å². The van der Waals surface area contributed by atoms with Crippen LogP contribution in [0.25, 0.3) is 0 Å². The zero-order chi connectivity index (χ0) is 14.6. The first-order chi connectivity index (χ1) is 9.53. The van der Waals surface area contributed by atoms with Crippen molar-refractivity contribution >= 4 is 27.3 Å². The van der Waals surface area contributed by atoms with Gasteiger partial charge in [0.05, 0.1) is 3.79 Å². The van der Waals surface area contributed by atoms with Crippen molar-refractivity contribution in [2.75, 3.05) is 27.2 Å². The molecule has 0 bridgehead atoms. The molecule has 2 rings (SSSR count). The molecule has 2 nitrogen and oxygen atoms in total. The van der Waals surface area contributed by atoms with Gasteiger partial charge in [0, 0.05) is 19.6 Å². The van der Waals surface area contributed by atoms with Crippen molar-refractivity contribution in [3.05, 3.63) is 20.8 Å². The van der Waals surface area contributed by atoms with Gasteiger partial charge in [-0.05, 0) is 71.2 Å². The fourth-order valence-electron chi connectivity index (χ4n) is 3.87. The molecule has 0 saturated heterocycles. The molecular formula is C16H27BrN2S. The standard InChI is InChI=1S/C16H27BrN2S/c1-13-5-4-6-16(8-13,11-18-2)12-19(3)9-14-7-15(17)20-10-14/h7,10,13,18H,4-6,8-9,11-12H2,1-3H3. The summed E-state index contributed by atoms with van der Waals surface area (Å²) in [5.74, 6) is 0.876. The summed E-state index contributed by atoms with van der Waals surface area (Å²) >= 11 is 5.33. The van der Waals surface area contributed by atoms with Crippen LogP contribution < -0.4 is 5.32 Å². The van der Waals surface area contributed by atoms with E-state index in [-0.39, 0.29) is 0 Å². The Morgan fingerprint density at radius 1 is 1.55 bits per heavy atom. The third-order valence-electron chi connectivity index (χ3n) is 4.42. The third-order valence-corrected chi connectivity index (χ3v) is 5.97. The highest BCUT2D eigenvalue weighted by molar-refractivity contribution is 9.11. The van der Waals surface area contributed by atoms with Crippen LogP contribution in [0.1, 0.15) is 38.2 Å². The maximum absolute atomic E-state index is 3.55. The Bertz CT molecular complexity index is 416. The molecule has 20 heavy (non-hydrogen) atoms. The molecule has 1 fully saturated rings. The fraction of sp³-hybridized carbons (Fsp3) is 0.750. The minimum Gasteiger partial charge on any atom is -0.319 e. The van der Waals surface area contributed by atoms with Crippen LogP contribution in [-0.2, 0) is 6.54 Å². The van der Waals surface area contributed by atoms with E-state index >= 15 is 0 Å². The molecular weight excluding hydrogens is 332 g/mol. The predicted molar refractivity (Wildman–Crippen MR) is 92.3 cm³/mol. The monoisotopic (exact) mass is 358 g/mol. The van der Waals surface area contributed by atoms with Crippen LogP contribution in [-0.4, -0.2) is 32.1 Å². The maximum Gasteiger partial charge on any atom is 0.0701 e. The number of hydrogen-bond acceptors (Lipinski definition) is 3. The van der Waals surface area contributed by atoms with Crippen LogP contribution >= 0.6 is 27.3 Å². The molecule has 1 heterocycles. The maximum atomic E-state index is 3.55. The normalized spacial score (nSPS) is 27.1. The lowest BCUT2D eigenvalue weighted by atomic mass is 9.69. The van der Waals surface area contributed by atoms with Crippen molar-refractivity contribution in [3.8, 4) is 0 Å². The zero-order valence-electron chi connectivity index (χ0n) is 12.9. The molecule has 1 saturated carbocycles. The van der Waals surface area contributed by atoms with Crippen molar-refractivity contribution in [1.82, 2.24) is 10.2 Å². The SMILES string of the molecule is CNCC1(CN(C)Cc2csc(Br)c2)CCCC(C)C1. The van der Waals surface area contributed by atoms with Gasteiger partial charge in [0.2, 0.25) is 0 Å². The van der Waals surface area contributed by atoms with Crippen LogP contribution in [0.2, 0.25) is 0 Å². The summed E-state index contributed by atoms with van der Waals surface area (Å²) in [4.78, 5) is 2.50. The van der Waals surface area contributed by atoms with Gasteiger partial charge in [0.1, 0.15) is 0 Å². The molecule has 0 aromatic carbocycles. The van der Waals surface area contributed by atoms with Gasteiger partial charge >= 0.3 is 0 Å². The molecule has 1 aromatic heterocycles. The lowest BCUT2D eigenvalue weighted by molar-refractivity contribution is 0.0911. The van der Waals surface area contributed by atoms with Crippen LogP contribution in [0.15, 0.2) is 15.2 Å². The molecule has 4 heteroatoms. The number of nitrogens with zero attached hydrogens (tertiary/aromatic N) is 1. The third kappa shape index (κ3) is 4.55. The Hall–Kier alpha value is 0.100. The smallest absolute Gasteiger partial charge is 0.0701 e. The summed E-state index contributed by atoms with van der Waals surface area (Å²) in [6.45, 7) is 5.82. The van der Waals surface area contributed by atoms with Gasteiger partial charge in [0.25, 0.3) is 0 Å². The van der Waals surface area contributed by atoms with Gasteiger partial charge in [-0.1, -0.05) is 19.8 Å². The number of hydrogen-bond donors (Lipinski definition) is 1. The summed E-state index contributed by atoms with van der Waals surface area (Å²) in [6, 6.07) is 2.25. The Balaban J connectivity index is 1.96. The van der Waals surface area contributed by atoms with E-state index in [2.05, 4.69) is 58.6 Å². The van der Waals surface area contributed by atoms with E-state index in [1.165, 1.54) is 41.6 Å². The minimum absolute atomic E-state index is 0.467. The van der Waals surface area contributed by atoms with Gasteiger partial charge in [0.15, 0.2) is 0 Å². The Labute approximate surface area is 136 Å². The van der Waals surface area contributed by atoms with Gasteiger partial charge in [-0.3, -0.25) is 0 Å². The second kappa shape index (κ2) is 7.39. The highest BCUT2D eigenvalue weighted by atomic mass is 79.9. The van der Waals surface area contributed by atoms with Crippen molar-refractivity contribution in [1.29, 1.82) is 0 Å². The Morgan fingerprint density at radius 3 is 2.95 bits per heavy atom. The molecule has 0 amide bonds. The first-order valence-electron chi connectivity index (χ1n) is 7.59. The topological polar surface area (TPSA) is 15.3 Å². The quantitative estimate of drug-likeness (QED) is 0.812. The van der Waals surface area contributed by atoms with E-state index in [1.54, 1.807) is 11.3 Å². The summed E-state index contributed by atoms with van der Waals surface area (Å²) in [6.07, 6.45) is 5.54. The average Bonchev–Trinajstić information content (AvgIpc) is 2.74. The summed E-state index contributed by atoms with van der Waals surface area (Å²) in [5, 5.41) is 5.70. The molecule has 1 N–H and O–H groups in total. The molecule has 2 atom stereocenters. The molecule has 2 unspecified atom stereocenters. The van der Waals surface area contributed by atoms with Crippen molar-refractivity contribution < 1.29 is 0 Å². The fourth-order valence-corrected chi connectivity index (χ4v) is 5.07. The number of rotatable bonds is 6. The van der Waals surface area contributed by atoms with E-state index < -0.39 is 0 Å². The van der Waals surface area contributed by atoms with Gasteiger partial charge in [-0.15, -0.1) is 11.3 Å². The van der Waals surface area contributed by atoms with E-state index in [0.29, 0.717) is 5.41 Å². The van der Waals surface area contributed by atoms with E-state index in [4.69, 9.17) is 0 Å². The van der Waals surface area contributed by atoms with Crippen LogP contribution in [0.4, 0.5) is 0 Å². The van der Waals surface area contributed by atoms with Gasteiger partial charge < -0.3 is 10.2 Å². The second-order valence-electron chi connectivity index (χ2n) is 6.66. The highest BCUT2D eigenvalue weighted by Crippen LogP contribution is 2.39. The Morgan fingerprint density at radius 2 is 2.35 bits per heavy atom. The van der Waals surface area contributed by atoms with E-state index in [0.717, 1.165) is 19.0 Å².